The third kappa shape index (κ3) is 4.17. The molecule has 5 rings (SSSR count). The fraction of sp³-hybridized carbons (Fsp3) is 0.160. The van der Waals surface area contributed by atoms with Crippen molar-refractivity contribution < 1.29 is 9.53 Å². The van der Waals surface area contributed by atoms with Gasteiger partial charge in [0.25, 0.3) is 5.56 Å². The molecule has 0 saturated heterocycles. The van der Waals surface area contributed by atoms with Crippen LogP contribution in [0, 0.1) is 6.92 Å². The van der Waals surface area contributed by atoms with Crippen LogP contribution >= 0.6 is 34.0 Å². The van der Waals surface area contributed by atoms with Crippen molar-refractivity contribution >= 4 is 46.1 Å². The number of allylic oxidation sites excluding steroid dienone is 1. The molecule has 0 unspecified atom stereocenters. The lowest BCUT2D eigenvalue weighted by atomic mass is 10.0. The lowest BCUT2D eigenvalue weighted by molar-refractivity contribution is -0.140. The average molecular weight is 493 g/mol. The predicted octanol–water partition coefficient (Wildman–Crippen LogP) is 4.41. The van der Waals surface area contributed by atoms with Crippen molar-refractivity contribution in [2.24, 2.45) is 4.99 Å². The van der Waals surface area contributed by atoms with E-state index in [4.69, 9.17) is 4.74 Å². The Labute approximate surface area is 202 Å². The third-order valence-corrected chi connectivity index (χ3v) is 8.30. The number of carbonyl (C=O) groups is 1. The van der Waals surface area contributed by atoms with Gasteiger partial charge >= 0.3 is 5.97 Å². The normalized spacial score (nSPS) is 15.9. The van der Waals surface area contributed by atoms with Crippen LogP contribution in [0.15, 0.2) is 80.3 Å². The number of aryl methyl sites for hydroxylation is 1. The molecule has 0 radical (unpaired) electrons. The molecule has 1 aliphatic heterocycles. The zero-order chi connectivity index (χ0) is 22.9. The summed E-state index contributed by atoms with van der Waals surface area (Å²) in [5, 5.41) is 3.96. The molecule has 1 atom stereocenters. The predicted molar refractivity (Wildman–Crippen MR) is 133 cm³/mol. The lowest BCUT2D eigenvalue weighted by Crippen LogP contribution is -2.39. The summed E-state index contributed by atoms with van der Waals surface area (Å²) in [6.45, 7) is 3.99. The first-order valence-electron chi connectivity index (χ1n) is 10.3. The van der Waals surface area contributed by atoms with E-state index in [0.717, 1.165) is 20.9 Å². The zero-order valence-electron chi connectivity index (χ0n) is 18.0. The number of hydrogen-bond acceptors (Lipinski definition) is 7. The van der Waals surface area contributed by atoms with Gasteiger partial charge in [-0.3, -0.25) is 9.36 Å². The summed E-state index contributed by atoms with van der Waals surface area (Å²) in [6.07, 6.45) is 1.92. The summed E-state index contributed by atoms with van der Waals surface area (Å²) in [5.74, 6) is -0.457. The Morgan fingerprint density at radius 1 is 1.09 bits per heavy atom. The maximum atomic E-state index is 13.5. The van der Waals surface area contributed by atoms with Crippen molar-refractivity contribution in [3.63, 3.8) is 0 Å². The summed E-state index contributed by atoms with van der Waals surface area (Å²) in [4.78, 5) is 34.0. The highest BCUT2D eigenvalue weighted by atomic mass is 32.1. The van der Waals surface area contributed by atoms with Crippen LogP contribution in [0.3, 0.4) is 0 Å². The van der Waals surface area contributed by atoms with Crippen LogP contribution in [0.2, 0.25) is 0 Å². The first kappa shape index (κ1) is 21.8. The van der Waals surface area contributed by atoms with Gasteiger partial charge in [-0.15, -0.1) is 22.7 Å². The third-order valence-electron chi connectivity index (χ3n) is 5.43. The molecule has 8 heteroatoms. The number of nitrogens with zero attached hydrogens (tertiary/aromatic N) is 2. The molecule has 1 aliphatic rings. The molecule has 4 heterocycles. The van der Waals surface area contributed by atoms with Gasteiger partial charge in [0.15, 0.2) is 4.80 Å². The molecular formula is C25H20N2O3S3. The number of carbonyl (C=O) groups excluding carboxylic acids is 1. The first-order chi connectivity index (χ1) is 16.0. The second-order valence-electron chi connectivity index (χ2n) is 7.63. The minimum absolute atomic E-state index is 0.147. The van der Waals surface area contributed by atoms with Crippen molar-refractivity contribution in [2.45, 2.75) is 26.5 Å². The van der Waals surface area contributed by atoms with Crippen molar-refractivity contribution in [1.29, 1.82) is 0 Å². The minimum Gasteiger partial charge on any atom is -0.457 e. The summed E-state index contributed by atoms with van der Waals surface area (Å²) in [5.41, 5.74) is 2.86. The average Bonchev–Trinajstić information content (AvgIpc) is 3.55. The van der Waals surface area contributed by atoms with Crippen molar-refractivity contribution in [3.05, 3.63) is 111 Å². The highest BCUT2D eigenvalue weighted by molar-refractivity contribution is 7.11. The maximum Gasteiger partial charge on any atom is 0.338 e. The highest BCUT2D eigenvalue weighted by Crippen LogP contribution is 2.33. The number of aromatic nitrogens is 1. The number of hydrogen-bond donors (Lipinski definition) is 0. The molecule has 1 aromatic carbocycles. The summed E-state index contributed by atoms with van der Waals surface area (Å²) >= 11 is 4.46. The number of fused-ring (bicyclic) bond motifs is 1. The molecule has 0 fully saturated rings. The number of esters is 1. The Balaban J connectivity index is 1.59. The lowest BCUT2D eigenvalue weighted by Gasteiger charge is -2.23. The summed E-state index contributed by atoms with van der Waals surface area (Å²) < 4.78 is 7.90. The van der Waals surface area contributed by atoms with Crippen LogP contribution in [-0.2, 0) is 16.1 Å². The molecule has 5 nitrogen and oxygen atoms in total. The van der Waals surface area contributed by atoms with Gasteiger partial charge in [-0.1, -0.05) is 47.7 Å². The van der Waals surface area contributed by atoms with E-state index in [9.17, 15) is 9.59 Å². The Morgan fingerprint density at radius 3 is 2.61 bits per heavy atom. The van der Waals surface area contributed by atoms with Crippen molar-refractivity contribution in [1.82, 2.24) is 4.57 Å². The largest absolute Gasteiger partial charge is 0.457 e. The van der Waals surface area contributed by atoms with E-state index < -0.39 is 12.0 Å². The molecule has 0 amide bonds. The second-order valence-corrected chi connectivity index (χ2v) is 10.6. The van der Waals surface area contributed by atoms with E-state index >= 15 is 0 Å². The summed E-state index contributed by atoms with van der Waals surface area (Å²) in [7, 11) is 0. The maximum absolute atomic E-state index is 13.5. The Morgan fingerprint density at radius 2 is 1.91 bits per heavy atom. The van der Waals surface area contributed by atoms with Crippen molar-refractivity contribution in [2.75, 3.05) is 0 Å². The van der Waals surface area contributed by atoms with E-state index in [0.29, 0.717) is 20.6 Å². The van der Waals surface area contributed by atoms with Gasteiger partial charge in [-0.2, -0.15) is 0 Å². The van der Waals surface area contributed by atoms with Crippen molar-refractivity contribution in [3.8, 4) is 0 Å². The van der Waals surface area contributed by atoms with Crippen LogP contribution in [0.1, 0.15) is 33.8 Å². The molecule has 0 saturated carbocycles. The van der Waals surface area contributed by atoms with Crippen LogP contribution in [-0.4, -0.2) is 10.5 Å². The molecule has 0 spiro atoms. The van der Waals surface area contributed by atoms with Crippen LogP contribution in [0.4, 0.5) is 0 Å². The topological polar surface area (TPSA) is 60.7 Å². The second kappa shape index (κ2) is 9.05. The first-order valence-corrected chi connectivity index (χ1v) is 12.9. The summed E-state index contributed by atoms with van der Waals surface area (Å²) in [6, 6.07) is 14.9. The van der Waals surface area contributed by atoms with Crippen LogP contribution in [0.25, 0.3) is 6.08 Å². The molecule has 0 bridgehead atoms. The van der Waals surface area contributed by atoms with E-state index in [1.807, 2.05) is 72.3 Å². The van der Waals surface area contributed by atoms with Gasteiger partial charge in [0.2, 0.25) is 0 Å². The van der Waals surface area contributed by atoms with Gasteiger partial charge in [0.05, 0.1) is 15.8 Å². The number of thiophene rings is 2. The van der Waals surface area contributed by atoms with Gasteiger partial charge < -0.3 is 4.74 Å². The quantitative estimate of drug-likeness (QED) is 0.388. The van der Waals surface area contributed by atoms with Gasteiger partial charge in [-0.05, 0) is 53.9 Å². The van der Waals surface area contributed by atoms with E-state index in [1.54, 1.807) is 22.8 Å². The zero-order valence-corrected chi connectivity index (χ0v) is 20.4. The van der Waals surface area contributed by atoms with Gasteiger partial charge in [0, 0.05) is 9.75 Å². The van der Waals surface area contributed by atoms with E-state index in [1.165, 1.54) is 22.7 Å². The number of ether oxygens (including phenoxy) is 1. The number of rotatable bonds is 5. The Hall–Kier alpha value is -3.07. The molecule has 4 aromatic rings. The van der Waals surface area contributed by atoms with E-state index in [-0.39, 0.29) is 12.2 Å². The van der Waals surface area contributed by atoms with Gasteiger partial charge in [-0.25, -0.2) is 9.79 Å². The highest BCUT2D eigenvalue weighted by Gasteiger charge is 2.34. The minimum atomic E-state index is -0.559. The standard InChI is InChI=1S/C25H20N2O3S3/c1-15-10-12-32-19(15)13-20-23(28)27-22(18-9-6-11-31-18)21(16(2)26-25(27)33-20)24(29)30-14-17-7-4-3-5-8-17/h3-13,22H,14H2,1-2H3/b20-13+/t22-/m0/s1. The van der Waals surface area contributed by atoms with Gasteiger partial charge in [0.1, 0.15) is 12.6 Å². The molecule has 166 valence electrons. The Bertz CT molecular complexity index is 1520. The van der Waals surface area contributed by atoms with E-state index in [2.05, 4.69) is 4.99 Å². The van der Waals surface area contributed by atoms with Crippen LogP contribution < -0.4 is 14.9 Å². The molecule has 3 aromatic heterocycles. The smallest absolute Gasteiger partial charge is 0.338 e. The SMILES string of the molecule is CC1=C(C(=O)OCc2ccccc2)[C@H](c2cccs2)n2c(s/c(=C/c3sccc3C)c2=O)=N1. The molecule has 33 heavy (non-hydrogen) atoms. The number of thiazole rings is 1. The fourth-order valence-electron chi connectivity index (χ4n) is 3.75. The number of benzene rings is 1. The molecular weight excluding hydrogens is 472 g/mol. The Kier molecular flexibility index (Phi) is 5.97. The molecule has 0 N–H and O–H groups in total. The fourth-order valence-corrected chi connectivity index (χ4v) is 6.54. The monoisotopic (exact) mass is 492 g/mol. The molecule has 0 aliphatic carbocycles. The van der Waals surface area contributed by atoms with Crippen LogP contribution in [0.5, 0.6) is 0 Å².